The lowest BCUT2D eigenvalue weighted by atomic mass is 9.87. The Balaban J connectivity index is 2.31. The van der Waals surface area contributed by atoms with E-state index in [4.69, 9.17) is 19.3 Å². The van der Waals surface area contributed by atoms with E-state index >= 15 is 0 Å². The van der Waals surface area contributed by atoms with E-state index in [1.165, 1.54) is 7.11 Å². The second-order valence-electron chi connectivity index (χ2n) is 4.89. The predicted molar refractivity (Wildman–Crippen MR) is 70.0 cm³/mol. The lowest BCUT2D eigenvalue weighted by Crippen LogP contribution is -2.23. The zero-order chi connectivity index (χ0) is 14.9. The van der Waals surface area contributed by atoms with Gasteiger partial charge in [-0.2, -0.15) is 0 Å². The normalized spacial score (nSPS) is 17.4. The van der Waals surface area contributed by atoms with Crippen molar-refractivity contribution >= 4 is 5.97 Å². The van der Waals surface area contributed by atoms with Gasteiger partial charge in [0.05, 0.1) is 19.1 Å². The smallest absolute Gasteiger partial charge is 0.306 e. The van der Waals surface area contributed by atoms with Gasteiger partial charge in [-0.3, -0.25) is 4.79 Å². The average molecular weight is 282 g/mol. The molecule has 2 N–H and O–H groups in total. The number of methoxy groups -OCH3 is 1. The molecule has 0 fully saturated rings. The quantitative estimate of drug-likeness (QED) is 0.856. The van der Waals surface area contributed by atoms with E-state index in [2.05, 4.69) is 0 Å². The maximum absolute atomic E-state index is 11.0. The highest BCUT2D eigenvalue weighted by molar-refractivity contribution is 5.70. The molecule has 0 radical (unpaired) electrons. The molecule has 0 saturated carbocycles. The van der Waals surface area contributed by atoms with Crippen LogP contribution in [0.1, 0.15) is 25.5 Å². The summed E-state index contributed by atoms with van der Waals surface area (Å²) in [6.07, 6.45) is -0.926. The molecule has 0 spiro atoms. The van der Waals surface area contributed by atoms with Crippen molar-refractivity contribution < 1.29 is 29.2 Å². The topological polar surface area (TPSA) is 85.2 Å². The molecule has 1 aromatic carbocycles. The van der Waals surface area contributed by atoms with Gasteiger partial charge in [0.1, 0.15) is 0 Å². The molecule has 0 amide bonds. The third-order valence-corrected chi connectivity index (χ3v) is 3.70. The van der Waals surface area contributed by atoms with Crippen LogP contribution in [-0.2, 0) is 4.79 Å². The standard InChI is InChI=1S/C14H18O6/c1-7(8(2)14(16)17)12(15)9-4-10(18-3)13-11(5-9)19-6-20-13/h4-5,7-8,12,15H,6H2,1-3H3,(H,16,17). The van der Waals surface area contributed by atoms with Crippen LogP contribution in [0.3, 0.4) is 0 Å². The first kappa shape index (κ1) is 14.5. The van der Waals surface area contributed by atoms with Crippen molar-refractivity contribution in [3.63, 3.8) is 0 Å². The number of aliphatic carboxylic acids is 1. The Morgan fingerprint density at radius 2 is 2.05 bits per heavy atom. The highest BCUT2D eigenvalue weighted by Gasteiger charge is 2.29. The first-order valence-electron chi connectivity index (χ1n) is 6.34. The molecule has 6 heteroatoms. The van der Waals surface area contributed by atoms with Gasteiger partial charge in [-0.25, -0.2) is 0 Å². The van der Waals surface area contributed by atoms with Gasteiger partial charge in [0.25, 0.3) is 0 Å². The number of carboxylic acids is 1. The van der Waals surface area contributed by atoms with Crippen LogP contribution < -0.4 is 14.2 Å². The maximum atomic E-state index is 11.0. The molecule has 1 aliphatic heterocycles. The van der Waals surface area contributed by atoms with Gasteiger partial charge in [0, 0.05) is 0 Å². The number of hydrogen-bond acceptors (Lipinski definition) is 5. The van der Waals surface area contributed by atoms with Crippen LogP contribution in [0.4, 0.5) is 0 Å². The minimum absolute atomic E-state index is 0.103. The molecule has 2 rings (SSSR count). The summed E-state index contributed by atoms with van der Waals surface area (Å²) >= 11 is 0. The summed E-state index contributed by atoms with van der Waals surface area (Å²) in [5.41, 5.74) is 0.548. The second kappa shape index (κ2) is 5.58. The largest absolute Gasteiger partial charge is 0.493 e. The van der Waals surface area contributed by atoms with Gasteiger partial charge >= 0.3 is 5.97 Å². The minimum Gasteiger partial charge on any atom is -0.493 e. The van der Waals surface area contributed by atoms with Crippen molar-refractivity contribution in [1.82, 2.24) is 0 Å². The first-order valence-corrected chi connectivity index (χ1v) is 6.34. The highest BCUT2D eigenvalue weighted by atomic mass is 16.7. The zero-order valence-corrected chi connectivity index (χ0v) is 11.6. The molecular formula is C14H18O6. The molecule has 0 aliphatic carbocycles. The number of carbonyl (C=O) groups is 1. The minimum atomic E-state index is -0.941. The summed E-state index contributed by atoms with van der Waals surface area (Å²) in [5.74, 6) is -0.594. The summed E-state index contributed by atoms with van der Waals surface area (Å²) in [5, 5.41) is 19.4. The fraction of sp³-hybridized carbons (Fsp3) is 0.500. The molecule has 1 aliphatic rings. The average Bonchev–Trinajstić information content (AvgIpc) is 2.91. The molecule has 6 nitrogen and oxygen atoms in total. The first-order chi connectivity index (χ1) is 9.45. The fourth-order valence-corrected chi connectivity index (χ4v) is 2.12. The van der Waals surface area contributed by atoms with Crippen LogP contribution in [0.2, 0.25) is 0 Å². The third-order valence-electron chi connectivity index (χ3n) is 3.70. The van der Waals surface area contributed by atoms with Crippen LogP contribution in [0.5, 0.6) is 17.2 Å². The maximum Gasteiger partial charge on any atom is 0.306 e. The van der Waals surface area contributed by atoms with E-state index in [0.29, 0.717) is 22.8 Å². The lowest BCUT2D eigenvalue weighted by molar-refractivity contribution is -0.144. The highest BCUT2D eigenvalue weighted by Crippen LogP contribution is 2.44. The molecule has 0 aromatic heterocycles. The molecule has 110 valence electrons. The van der Waals surface area contributed by atoms with Crippen molar-refractivity contribution in [2.75, 3.05) is 13.9 Å². The molecule has 0 saturated heterocycles. The Bertz CT molecular complexity index is 513. The Morgan fingerprint density at radius 3 is 2.65 bits per heavy atom. The number of ether oxygens (including phenoxy) is 3. The molecule has 0 bridgehead atoms. The number of rotatable bonds is 5. The van der Waals surface area contributed by atoms with E-state index in [1.807, 2.05) is 0 Å². The van der Waals surface area contributed by atoms with Crippen LogP contribution in [-0.4, -0.2) is 30.1 Å². The number of hydrogen-bond donors (Lipinski definition) is 2. The van der Waals surface area contributed by atoms with E-state index in [-0.39, 0.29) is 6.79 Å². The van der Waals surface area contributed by atoms with Crippen molar-refractivity contribution in [2.45, 2.75) is 20.0 Å². The van der Waals surface area contributed by atoms with Crippen molar-refractivity contribution in [1.29, 1.82) is 0 Å². The SMILES string of the molecule is COc1cc(C(O)C(C)C(C)C(=O)O)cc2c1OCO2. The second-order valence-corrected chi connectivity index (χ2v) is 4.89. The van der Waals surface area contributed by atoms with Gasteiger partial charge in [0.2, 0.25) is 12.5 Å². The van der Waals surface area contributed by atoms with Gasteiger partial charge < -0.3 is 24.4 Å². The fourth-order valence-electron chi connectivity index (χ4n) is 2.12. The molecule has 3 unspecified atom stereocenters. The lowest BCUT2D eigenvalue weighted by Gasteiger charge is -2.23. The van der Waals surface area contributed by atoms with E-state index in [0.717, 1.165) is 0 Å². The van der Waals surface area contributed by atoms with E-state index in [9.17, 15) is 9.90 Å². The number of fused-ring (bicyclic) bond motifs is 1. The van der Waals surface area contributed by atoms with Gasteiger partial charge in [-0.1, -0.05) is 13.8 Å². The third kappa shape index (κ3) is 2.51. The Labute approximate surface area is 116 Å². The Kier molecular flexibility index (Phi) is 4.04. The van der Waals surface area contributed by atoms with Crippen LogP contribution >= 0.6 is 0 Å². The van der Waals surface area contributed by atoms with Crippen molar-refractivity contribution in [3.8, 4) is 17.2 Å². The Morgan fingerprint density at radius 1 is 1.35 bits per heavy atom. The van der Waals surface area contributed by atoms with Crippen LogP contribution in [0.15, 0.2) is 12.1 Å². The molecule has 1 aromatic rings. The summed E-state index contributed by atoms with van der Waals surface area (Å²) in [6, 6.07) is 3.30. The summed E-state index contributed by atoms with van der Waals surface area (Å²) in [4.78, 5) is 11.0. The van der Waals surface area contributed by atoms with E-state index < -0.39 is 23.9 Å². The zero-order valence-electron chi connectivity index (χ0n) is 11.6. The van der Waals surface area contributed by atoms with Gasteiger partial charge in [-0.15, -0.1) is 0 Å². The molecule has 1 heterocycles. The van der Waals surface area contributed by atoms with Crippen molar-refractivity contribution in [3.05, 3.63) is 17.7 Å². The van der Waals surface area contributed by atoms with Crippen LogP contribution in [0, 0.1) is 11.8 Å². The summed E-state index contributed by atoms with van der Waals surface area (Å²) in [7, 11) is 1.50. The number of aliphatic hydroxyl groups excluding tert-OH is 1. The van der Waals surface area contributed by atoms with E-state index in [1.54, 1.807) is 26.0 Å². The monoisotopic (exact) mass is 282 g/mol. The number of aliphatic hydroxyl groups is 1. The van der Waals surface area contributed by atoms with Gasteiger partial charge in [0.15, 0.2) is 11.5 Å². The summed E-state index contributed by atoms with van der Waals surface area (Å²) < 4.78 is 15.8. The van der Waals surface area contributed by atoms with Crippen LogP contribution in [0.25, 0.3) is 0 Å². The molecular weight excluding hydrogens is 264 g/mol. The number of carboxylic acid groups (broad SMARTS) is 1. The predicted octanol–water partition coefficient (Wildman–Crippen LogP) is 1.81. The molecule has 3 atom stereocenters. The van der Waals surface area contributed by atoms with Crippen molar-refractivity contribution in [2.24, 2.45) is 11.8 Å². The number of benzene rings is 1. The van der Waals surface area contributed by atoms with Gasteiger partial charge in [-0.05, 0) is 23.6 Å². The Hall–Kier alpha value is -1.95. The molecule has 20 heavy (non-hydrogen) atoms. The summed E-state index contributed by atoms with van der Waals surface area (Å²) in [6.45, 7) is 3.37.